The zero-order chi connectivity index (χ0) is 16.2. The van der Waals surface area contributed by atoms with Gasteiger partial charge in [0, 0.05) is 5.56 Å². The number of nitrogens with one attached hydrogen (secondary N) is 1. The van der Waals surface area contributed by atoms with Gasteiger partial charge >= 0.3 is 0 Å². The SMILES string of the molecule is CCC1Oc2c(cc(C=O)cc2OCc2ccccc2)NC1=O. The Bertz CT molecular complexity index is 727. The molecule has 0 spiro atoms. The van der Waals surface area contributed by atoms with Gasteiger partial charge in [-0.05, 0) is 24.1 Å². The van der Waals surface area contributed by atoms with Crippen LogP contribution in [0.1, 0.15) is 29.3 Å². The first-order valence-corrected chi connectivity index (χ1v) is 7.48. The number of anilines is 1. The Morgan fingerprint density at radius 2 is 2.04 bits per heavy atom. The average Bonchev–Trinajstić information content (AvgIpc) is 2.59. The van der Waals surface area contributed by atoms with Crippen LogP contribution in [-0.4, -0.2) is 18.3 Å². The van der Waals surface area contributed by atoms with E-state index in [4.69, 9.17) is 9.47 Å². The van der Waals surface area contributed by atoms with E-state index in [0.717, 1.165) is 5.56 Å². The standard InChI is InChI=1S/C18H17NO4/c1-2-15-18(21)19-14-8-13(10-20)9-16(17(14)23-15)22-11-12-6-4-3-5-7-12/h3-10,15H,2,11H2,1H3,(H,19,21). The lowest BCUT2D eigenvalue weighted by Crippen LogP contribution is -2.36. The molecule has 1 N–H and O–H groups in total. The van der Waals surface area contributed by atoms with Crippen molar-refractivity contribution >= 4 is 17.9 Å². The van der Waals surface area contributed by atoms with Crippen LogP contribution in [0.3, 0.4) is 0 Å². The molecule has 0 aliphatic carbocycles. The molecule has 5 heteroatoms. The molecule has 3 rings (SSSR count). The van der Waals surface area contributed by atoms with E-state index < -0.39 is 6.10 Å². The van der Waals surface area contributed by atoms with Crippen molar-refractivity contribution in [2.45, 2.75) is 26.1 Å². The van der Waals surface area contributed by atoms with E-state index in [0.29, 0.717) is 42.1 Å². The van der Waals surface area contributed by atoms with E-state index in [2.05, 4.69) is 5.32 Å². The molecule has 23 heavy (non-hydrogen) atoms. The number of fused-ring (bicyclic) bond motifs is 1. The highest BCUT2D eigenvalue weighted by Crippen LogP contribution is 2.40. The zero-order valence-corrected chi connectivity index (χ0v) is 12.7. The van der Waals surface area contributed by atoms with Crippen molar-refractivity contribution in [2.24, 2.45) is 0 Å². The summed E-state index contributed by atoms with van der Waals surface area (Å²) in [4.78, 5) is 23.0. The molecule has 1 aliphatic rings. The molecule has 1 atom stereocenters. The molecule has 1 unspecified atom stereocenters. The van der Waals surface area contributed by atoms with Gasteiger partial charge < -0.3 is 14.8 Å². The Morgan fingerprint density at radius 1 is 1.26 bits per heavy atom. The minimum Gasteiger partial charge on any atom is -0.485 e. The van der Waals surface area contributed by atoms with Crippen LogP contribution in [0.5, 0.6) is 11.5 Å². The van der Waals surface area contributed by atoms with Crippen molar-refractivity contribution in [1.29, 1.82) is 0 Å². The quantitative estimate of drug-likeness (QED) is 0.861. The van der Waals surface area contributed by atoms with E-state index >= 15 is 0 Å². The molecule has 2 aromatic carbocycles. The molecule has 1 aliphatic heterocycles. The fraction of sp³-hybridized carbons (Fsp3) is 0.222. The van der Waals surface area contributed by atoms with Crippen LogP contribution in [0, 0.1) is 0 Å². The number of hydrogen-bond donors (Lipinski definition) is 1. The van der Waals surface area contributed by atoms with Crippen LogP contribution in [-0.2, 0) is 11.4 Å². The number of carbonyl (C=O) groups is 2. The molecular formula is C18H17NO4. The van der Waals surface area contributed by atoms with Crippen LogP contribution in [0.4, 0.5) is 5.69 Å². The van der Waals surface area contributed by atoms with Crippen molar-refractivity contribution in [3.63, 3.8) is 0 Å². The smallest absolute Gasteiger partial charge is 0.265 e. The molecule has 0 aromatic heterocycles. The first kappa shape index (κ1) is 15.1. The van der Waals surface area contributed by atoms with Gasteiger partial charge in [-0.3, -0.25) is 9.59 Å². The Morgan fingerprint density at radius 3 is 2.74 bits per heavy atom. The maximum Gasteiger partial charge on any atom is 0.265 e. The van der Waals surface area contributed by atoms with Crippen LogP contribution < -0.4 is 14.8 Å². The highest BCUT2D eigenvalue weighted by atomic mass is 16.5. The number of carbonyl (C=O) groups excluding carboxylic acids is 2. The zero-order valence-electron chi connectivity index (χ0n) is 12.7. The maximum atomic E-state index is 11.9. The largest absolute Gasteiger partial charge is 0.485 e. The van der Waals surface area contributed by atoms with E-state index in [1.54, 1.807) is 12.1 Å². The van der Waals surface area contributed by atoms with Crippen LogP contribution in [0.15, 0.2) is 42.5 Å². The summed E-state index contributed by atoms with van der Waals surface area (Å²) in [5.41, 5.74) is 1.89. The minimum absolute atomic E-state index is 0.211. The van der Waals surface area contributed by atoms with Crippen LogP contribution in [0.25, 0.3) is 0 Å². The second-order valence-corrected chi connectivity index (χ2v) is 5.29. The van der Waals surface area contributed by atoms with Gasteiger partial charge in [-0.1, -0.05) is 37.3 Å². The lowest BCUT2D eigenvalue weighted by atomic mass is 10.1. The van der Waals surface area contributed by atoms with Gasteiger partial charge in [-0.2, -0.15) is 0 Å². The van der Waals surface area contributed by atoms with Crippen molar-refractivity contribution in [3.8, 4) is 11.5 Å². The predicted octanol–water partition coefficient (Wildman–Crippen LogP) is 3.19. The van der Waals surface area contributed by atoms with Gasteiger partial charge in [0.1, 0.15) is 12.9 Å². The van der Waals surface area contributed by atoms with E-state index in [1.807, 2.05) is 37.3 Å². The molecular weight excluding hydrogens is 294 g/mol. The first-order valence-electron chi connectivity index (χ1n) is 7.48. The van der Waals surface area contributed by atoms with Crippen LogP contribution >= 0.6 is 0 Å². The molecule has 0 fully saturated rings. The van der Waals surface area contributed by atoms with Crippen molar-refractivity contribution in [2.75, 3.05) is 5.32 Å². The summed E-state index contributed by atoms with van der Waals surface area (Å²) >= 11 is 0. The van der Waals surface area contributed by atoms with E-state index in [1.165, 1.54) is 0 Å². The molecule has 0 radical (unpaired) electrons. The van der Waals surface area contributed by atoms with Crippen LogP contribution in [0.2, 0.25) is 0 Å². The number of hydrogen-bond acceptors (Lipinski definition) is 4. The third-order valence-corrected chi connectivity index (χ3v) is 3.63. The number of benzene rings is 2. The topological polar surface area (TPSA) is 64.6 Å². The Balaban J connectivity index is 1.91. The van der Waals surface area contributed by atoms with E-state index in [-0.39, 0.29) is 5.91 Å². The van der Waals surface area contributed by atoms with Crippen molar-refractivity contribution in [3.05, 3.63) is 53.6 Å². The van der Waals surface area contributed by atoms with Gasteiger partial charge in [-0.15, -0.1) is 0 Å². The summed E-state index contributed by atoms with van der Waals surface area (Å²) in [6.07, 6.45) is 0.718. The minimum atomic E-state index is -0.552. The molecule has 2 aromatic rings. The highest BCUT2D eigenvalue weighted by molar-refractivity contribution is 5.99. The van der Waals surface area contributed by atoms with Gasteiger partial charge in [0.25, 0.3) is 5.91 Å². The normalized spacial score (nSPS) is 16.0. The lowest BCUT2D eigenvalue weighted by molar-refractivity contribution is -0.123. The fourth-order valence-electron chi connectivity index (χ4n) is 2.43. The highest BCUT2D eigenvalue weighted by Gasteiger charge is 2.29. The molecule has 0 saturated heterocycles. The molecule has 1 amide bonds. The summed E-state index contributed by atoms with van der Waals surface area (Å²) in [5.74, 6) is 0.710. The fourth-order valence-corrected chi connectivity index (χ4v) is 2.43. The van der Waals surface area contributed by atoms with E-state index in [9.17, 15) is 9.59 Å². The monoisotopic (exact) mass is 311 g/mol. The lowest BCUT2D eigenvalue weighted by Gasteiger charge is -2.27. The molecule has 118 valence electrons. The first-order chi connectivity index (χ1) is 11.2. The molecule has 1 heterocycles. The second kappa shape index (κ2) is 6.52. The number of ether oxygens (including phenoxy) is 2. The van der Waals surface area contributed by atoms with Gasteiger partial charge in [0.05, 0.1) is 5.69 Å². The summed E-state index contributed by atoms with van der Waals surface area (Å²) < 4.78 is 11.6. The van der Waals surface area contributed by atoms with Gasteiger partial charge in [-0.25, -0.2) is 0 Å². The summed E-state index contributed by atoms with van der Waals surface area (Å²) in [6.45, 7) is 2.23. The van der Waals surface area contributed by atoms with Crippen molar-refractivity contribution < 1.29 is 19.1 Å². The van der Waals surface area contributed by atoms with Gasteiger partial charge in [0.15, 0.2) is 17.6 Å². The summed E-state index contributed by atoms with van der Waals surface area (Å²) in [5, 5.41) is 2.77. The average molecular weight is 311 g/mol. The van der Waals surface area contributed by atoms with Gasteiger partial charge in [0.2, 0.25) is 0 Å². The summed E-state index contributed by atoms with van der Waals surface area (Å²) in [6, 6.07) is 12.9. The Kier molecular flexibility index (Phi) is 4.28. The molecule has 0 bridgehead atoms. The maximum absolute atomic E-state index is 11.9. The Hall–Kier alpha value is -2.82. The Labute approximate surface area is 134 Å². The number of aldehydes is 1. The second-order valence-electron chi connectivity index (χ2n) is 5.29. The van der Waals surface area contributed by atoms with Crippen molar-refractivity contribution in [1.82, 2.24) is 0 Å². The third kappa shape index (κ3) is 3.18. The molecule has 0 saturated carbocycles. The summed E-state index contributed by atoms with van der Waals surface area (Å²) in [7, 11) is 0. The third-order valence-electron chi connectivity index (χ3n) is 3.63. The predicted molar refractivity (Wildman–Crippen MR) is 85.9 cm³/mol. The molecule has 5 nitrogen and oxygen atoms in total. The number of rotatable bonds is 5. The number of amides is 1.